The second-order valence-corrected chi connectivity index (χ2v) is 6.01. The molecule has 0 bridgehead atoms. The molecule has 6 heteroatoms. The van der Waals surface area contributed by atoms with Crippen molar-refractivity contribution in [2.24, 2.45) is 0 Å². The van der Waals surface area contributed by atoms with E-state index < -0.39 is 0 Å². The minimum absolute atomic E-state index is 0.665. The zero-order valence-corrected chi connectivity index (χ0v) is 13.4. The second-order valence-electron chi connectivity index (χ2n) is 4.93. The smallest absolute Gasteiger partial charge is 0.137 e. The predicted octanol–water partition coefficient (Wildman–Crippen LogP) is 3.04. The molecule has 0 saturated carbocycles. The molecule has 2 heterocycles. The Bertz CT molecular complexity index is 657. The fourth-order valence-corrected chi connectivity index (χ4v) is 3.00. The van der Waals surface area contributed by atoms with E-state index in [-0.39, 0.29) is 0 Å². The van der Waals surface area contributed by atoms with Crippen LogP contribution in [-0.4, -0.2) is 25.5 Å². The molecular formula is C15H19N5S. The van der Waals surface area contributed by atoms with Gasteiger partial charge in [0.2, 0.25) is 0 Å². The molecule has 0 N–H and O–H groups in total. The summed E-state index contributed by atoms with van der Waals surface area (Å²) in [4.78, 5) is 4.21. The van der Waals surface area contributed by atoms with Gasteiger partial charge in [0.1, 0.15) is 16.9 Å². The lowest BCUT2D eigenvalue weighted by atomic mass is 10.1. The van der Waals surface area contributed by atoms with Crippen molar-refractivity contribution in [2.75, 3.05) is 5.75 Å². The summed E-state index contributed by atoms with van der Waals surface area (Å²) in [5.41, 5.74) is 2.42. The SMILES string of the molecule is Cc1nnc(SCCCCn2ccnc2C)c(C#N)c1C. The van der Waals surface area contributed by atoms with Crippen LogP contribution >= 0.6 is 11.8 Å². The molecule has 5 nitrogen and oxygen atoms in total. The van der Waals surface area contributed by atoms with Gasteiger partial charge in [-0.25, -0.2) is 4.98 Å². The fourth-order valence-electron chi connectivity index (χ4n) is 2.01. The maximum Gasteiger partial charge on any atom is 0.137 e. The minimum Gasteiger partial charge on any atom is -0.335 e. The first-order valence-electron chi connectivity index (χ1n) is 6.98. The van der Waals surface area contributed by atoms with Crippen molar-refractivity contribution in [3.8, 4) is 6.07 Å². The highest BCUT2D eigenvalue weighted by molar-refractivity contribution is 7.99. The highest BCUT2D eigenvalue weighted by Crippen LogP contribution is 2.23. The standard InChI is InChI=1S/C15H19N5S/c1-11-12(2)18-19-15(14(11)10-16)21-9-5-4-7-20-8-6-17-13(20)3/h6,8H,4-5,7,9H2,1-3H3. The quantitative estimate of drug-likeness (QED) is 0.606. The van der Waals surface area contributed by atoms with Crippen molar-refractivity contribution in [2.45, 2.75) is 45.2 Å². The molecule has 0 saturated heterocycles. The molecule has 0 atom stereocenters. The number of hydrogen-bond acceptors (Lipinski definition) is 5. The van der Waals surface area contributed by atoms with Gasteiger partial charge in [0.05, 0.1) is 11.3 Å². The van der Waals surface area contributed by atoms with Crippen molar-refractivity contribution < 1.29 is 0 Å². The largest absolute Gasteiger partial charge is 0.335 e. The maximum atomic E-state index is 9.24. The van der Waals surface area contributed by atoms with Crippen LogP contribution < -0.4 is 0 Å². The molecule has 0 aliphatic carbocycles. The van der Waals surface area contributed by atoms with E-state index in [0.29, 0.717) is 5.56 Å². The van der Waals surface area contributed by atoms with Crippen molar-refractivity contribution in [3.63, 3.8) is 0 Å². The van der Waals surface area contributed by atoms with Crippen LogP contribution in [0.5, 0.6) is 0 Å². The van der Waals surface area contributed by atoms with E-state index in [4.69, 9.17) is 0 Å². The molecule has 0 fully saturated rings. The van der Waals surface area contributed by atoms with Gasteiger partial charge < -0.3 is 4.57 Å². The summed E-state index contributed by atoms with van der Waals surface area (Å²) in [6.07, 6.45) is 5.99. The van der Waals surface area contributed by atoms with E-state index in [1.54, 1.807) is 11.8 Å². The van der Waals surface area contributed by atoms with Gasteiger partial charge in [-0.2, -0.15) is 10.4 Å². The normalized spacial score (nSPS) is 10.6. The lowest BCUT2D eigenvalue weighted by Crippen LogP contribution is -2.01. The van der Waals surface area contributed by atoms with Gasteiger partial charge in [0.15, 0.2) is 0 Å². The predicted molar refractivity (Wildman–Crippen MR) is 83.1 cm³/mol. The third-order valence-electron chi connectivity index (χ3n) is 3.49. The number of imidazole rings is 1. The lowest BCUT2D eigenvalue weighted by Gasteiger charge is -2.07. The van der Waals surface area contributed by atoms with Gasteiger partial charge in [-0.3, -0.25) is 0 Å². The zero-order chi connectivity index (χ0) is 15.2. The number of aromatic nitrogens is 4. The summed E-state index contributed by atoms with van der Waals surface area (Å²) < 4.78 is 2.15. The van der Waals surface area contributed by atoms with E-state index in [1.165, 1.54) is 0 Å². The summed E-state index contributed by atoms with van der Waals surface area (Å²) in [7, 11) is 0. The first-order valence-corrected chi connectivity index (χ1v) is 7.96. The average molecular weight is 301 g/mol. The first-order chi connectivity index (χ1) is 10.1. The van der Waals surface area contributed by atoms with E-state index >= 15 is 0 Å². The zero-order valence-electron chi connectivity index (χ0n) is 12.6. The van der Waals surface area contributed by atoms with Crippen LogP contribution in [0.2, 0.25) is 0 Å². The molecule has 0 unspecified atom stereocenters. The Kier molecular flexibility index (Phi) is 5.34. The number of nitriles is 1. The van der Waals surface area contributed by atoms with Crippen molar-refractivity contribution >= 4 is 11.8 Å². The molecule has 2 aromatic heterocycles. The molecule has 0 aliphatic heterocycles. The highest BCUT2D eigenvalue weighted by Gasteiger charge is 2.10. The number of aryl methyl sites for hydroxylation is 3. The first kappa shape index (κ1) is 15.5. The Morgan fingerprint density at radius 2 is 2.05 bits per heavy atom. The van der Waals surface area contributed by atoms with Crippen LogP contribution in [0.1, 0.15) is 35.5 Å². The van der Waals surface area contributed by atoms with Gasteiger partial charge in [-0.1, -0.05) is 0 Å². The lowest BCUT2D eigenvalue weighted by molar-refractivity contribution is 0.619. The third-order valence-corrected chi connectivity index (χ3v) is 4.54. The number of hydrogen-bond donors (Lipinski definition) is 0. The van der Waals surface area contributed by atoms with E-state index in [9.17, 15) is 5.26 Å². The van der Waals surface area contributed by atoms with Crippen LogP contribution in [0.15, 0.2) is 17.4 Å². The number of thioether (sulfide) groups is 1. The van der Waals surface area contributed by atoms with Gasteiger partial charge in [0.25, 0.3) is 0 Å². The Morgan fingerprint density at radius 1 is 1.24 bits per heavy atom. The maximum absolute atomic E-state index is 9.24. The number of unbranched alkanes of at least 4 members (excludes halogenated alkanes) is 1. The molecule has 0 spiro atoms. The van der Waals surface area contributed by atoms with E-state index in [0.717, 1.165) is 47.2 Å². The van der Waals surface area contributed by atoms with Crippen LogP contribution in [0, 0.1) is 32.1 Å². The van der Waals surface area contributed by atoms with Crippen LogP contribution in [0.3, 0.4) is 0 Å². The van der Waals surface area contributed by atoms with Gasteiger partial charge >= 0.3 is 0 Å². The molecule has 0 aliphatic rings. The Labute approximate surface area is 129 Å². The van der Waals surface area contributed by atoms with Crippen LogP contribution in [-0.2, 0) is 6.54 Å². The molecule has 21 heavy (non-hydrogen) atoms. The van der Waals surface area contributed by atoms with Gasteiger partial charge in [-0.05, 0) is 44.9 Å². The Balaban J connectivity index is 1.83. The molecule has 0 aromatic carbocycles. The molecule has 2 rings (SSSR count). The topological polar surface area (TPSA) is 67.4 Å². The highest BCUT2D eigenvalue weighted by atomic mass is 32.2. The summed E-state index contributed by atoms with van der Waals surface area (Å²) in [6, 6.07) is 2.24. The summed E-state index contributed by atoms with van der Waals surface area (Å²) >= 11 is 1.61. The molecule has 0 radical (unpaired) electrons. The monoisotopic (exact) mass is 301 g/mol. The Morgan fingerprint density at radius 3 is 2.71 bits per heavy atom. The van der Waals surface area contributed by atoms with Crippen molar-refractivity contribution in [3.05, 3.63) is 35.0 Å². The van der Waals surface area contributed by atoms with Crippen LogP contribution in [0.25, 0.3) is 0 Å². The van der Waals surface area contributed by atoms with E-state index in [2.05, 4.69) is 25.8 Å². The summed E-state index contributed by atoms with van der Waals surface area (Å²) in [5, 5.41) is 18.2. The summed E-state index contributed by atoms with van der Waals surface area (Å²) in [6.45, 7) is 6.80. The van der Waals surface area contributed by atoms with E-state index in [1.807, 2.05) is 33.2 Å². The van der Waals surface area contributed by atoms with Crippen molar-refractivity contribution in [1.82, 2.24) is 19.7 Å². The number of nitrogens with zero attached hydrogens (tertiary/aromatic N) is 5. The average Bonchev–Trinajstić information content (AvgIpc) is 2.88. The minimum atomic E-state index is 0.665. The van der Waals surface area contributed by atoms with Gasteiger partial charge in [0, 0.05) is 18.9 Å². The number of rotatable bonds is 6. The second kappa shape index (κ2) is 7.23. The molecule has 2 aromatic rings. The molecule has 0 amide bonds. The van der Waals surface area contributed by atoms with Gasteiger partial charge in [-0.15, -0.1) is 16.9 Å². The summed E-state index contributed by atoms with van der Waals surface area (Å²) in [5.74, 6) is 1.99. The molecule has 110 valence electrons. The third kappa shape index (κ3) is 3.82. The Hall–Kier alpha value is -1.87. The fraction of sp³-hybridized carbons (Fsp3) is 0.467. The van der Waals surface area contributed by atoms with Crippen molar-refractivity contribution in [1.29, 1.82) is 5.26 Å². The molecular weight excluding hydrogens is 282 g/mol. The van der Waals surface area contributed by atoms with Crippen LogP contribution in [0.4, 0.5) is 0 Å².